The van der Waals surface area contributed by atoms with Crippen LogP contribution >= 0.6 is 0 Å². The minimum absolute atomic E-state index is 0.0642. The second-order valence-electron chi connectivity index (χ2n) is 8.20. The molecule has 0 saturated heterocycles. The second kappa shape index (κ2) is 9.16. The van der Waals surface area contributed by atoms with Gasteiger partial charge < -0.3 is 9.88 Å². The van der Waals surface area contributed by atoms with Crippen molar-refractivity contribution in [3.8, 4) is 16.8 Å². The van der Waals surface area contributed by atoms with Crippen LogP contribution in [-0.2, 0) is 0 Å². The van der Waals surface area contributed by atoms with Crippen molar-refractivity contribution in [2.24, 2.45) is 5.18 Å². The number of rotatable bonds is 6. The Morgan fingerprint density at radius 1 is 1.00 bits per heavy atom. The largest absolute Gasteiger partial charge is 0.350 e. The van der Waals surface area contributed by atoms with E-state index in [0.717, 1.165) is 22.4 Å². The van der Waals surface area contributed by atoms with E-state index in [1.165, 1.54) is 0 Å². The molecule has 33 heavy (non-hydrogen) atoms. The van der Waals surface area contributed by atoms with Gasteiger partial charge in [-0.25, -0.2) is 4.98 Å². The normalized spacial score (nSPS) is 12.0. The van der Waals surface area contributed by atoms with E-state index in [1.54, 1.807) is 36.0 Å². The van der Waals surface area contributed by atoms with Gasteiger partial charge in [0, 0.05) is 24.1 Å². The molecule has 0 aliphatic heterocycles. The summed E-state index contributed by atoms with van der Waals surface area (Å²) < 4.78 is 1.77. The second-order valence-corrected chi connectivity index (χ2v) is 8.20. The van der Waals surface area contributed by atoms with Gasteiger partial charge >= 0.3 is 0 Å². The summed E-state index contributed by atoms with van der Waals surface area (Å²) >= 11 is 0. The molecule has 1 unspecified atom stereocenters. The van der Waals surface area contributed by atoms with Crippen LogP contribution in [-0.4, -0.2) is 21.5 Å². The summed E-state index contributed by atoms with van der Waals surface area (Å²) in [6.07, 6.45) is 3.17. The van der Waals surface area contributed by atoms with Crippen molar-refractivity contribution in [3.63, 3.8) is 0 Å². The Morgan fingerprint density at radius 2 is 1.76 bits per heavy atom. The SMILES string of the molecule is CC(C)NC(=O)c1cn(-c2cccc(-c3ccc(C(C)N=O)cc3)c2)c2ncccc2c1=O. The number of hydrogen-bond acceptors (Lipinski definition) is 5. The fourth-order valence-corrected chi connectivity index (χ4v) is 3.71. The molecule has 166 valence electrons. The fraction of sp³-hybridized carbons (Fsp3) is 0.192. The highest BCUT2D eigenvalue weighted by Gasteiger charge is 2.17. The Balaban J connectivity index is 1.84. The first-order valence-corrected chi connectivity index (χ1v) is 10.7. The highest BCUT2D eigenvalue weighted by Crippen LogP contribution is 2.26. The third kappa shape index (κ3) is 4.43. The van der Waals surface area contributed by atoms with Crippen molar-refractivity contribution in [3.05, 3.63) is 99.3 Å². The maximum Gasteiger partial charge on any atom is 0.256 e. The van der Waals surface area contributed by atoms with Crippen LogP contribution in [0.4, 0.5) is 0 Å². The molecule has 0 bridgehead atoms. The molecule has 4 aromatic rings. The van der Waals surface area contributed by atoms with Crippen molar-refractivity contribution in [2.75, 3.05) is 0 Å². The number of nitrogens with one attached hydrogen (secondary N) is 1. The number of nitroso groups, excluding NO2 is 1. The minimum atomic E-state index is -0.417. The van der Waals surface area contributed by atoms with E-state index in [0.29, 0.717) is 11.0 Å². The lowest BCUT2D eigenvalue weighted by atomic mass is 10.0. The van der Waals surface area contributed by atoms with Crippen molar-refractivity contribution in [2.45, 2.75) is 32.9 Å². The molecule has 0 radical (unpaired) electrons. The van der Waals surface area contributed by atoms with Crippen LogP contribution in [0.2, 0.25) is 0 Å². The van der Waals surface area contributed by atoms with Gasteiger partial charge in [-0.05, 0) is 61.7 Å². The number of benzene rings is 2. The van der Waals surface area contributed by atoms with Crippen molar-refractivity contribution in [1.82, 2.24) is 14.9 Å². The van der Waals surface area contributed by atoms with E-state index < -0.39 is 11.9 Å². The third-order valence-electron chi connectivity index (χ3n) is 5.44. The topological polar surface area (TPSA) is 93.4 Å². The van der Waals surface area contributed by atoms with Gasteiger partial charge in [0.15, 0.2) is 0 Å². The molecule has 1 N–H and O–H groups in total. The van der Waals surface area contributed by atoms with Crippen molar-refractivity contribution < 1.29 is 4.79 Å². The third-order valence-corrected chi connectivity index (χ3v) is 5.44. The molecule has 0 aliphatic carbocycles. The fourth-order valence-electron chi connectivity index (χ4n) is 3.71. The highest BCUT2D eigenvalue weighted by molar-refractivity contribution is 5.97. The summed E-state index contributed by atoms with van der Waals surface area (Å²) in [5.41, 5.74) is 3.72. The quantitative estimate of drug-likeness (QED) is 0.426. The van der Waals surface area contributed by atoms with Gasteiger partial charge in [-0.1, -0.05) is 41.6 Å². The molecular weight excluding hydrogens is 416 g/mol. The zero-order chi connectivity index (χ0) is 23.5. The van der Waals surface area contributed by atoms with Gasteiger partial charge in [0.25, 0.3) is 5.91 Å². The van der Waals surface area contributed by atoms with E-state index in [2.05, 4.69) is 15.5 Å². The van der Waals surface area contributed by atoms with E-state index in [1.807, 2.05) is 62.4 Å². The van der Waals surface area contributed by atoms with Crippen LogP contribution < -0.4 is 10.7 Å². The molecule has 2 heterocycles. The summed E-state index contributed by atoms with van der Waals surface area (Å²) in [5, 5.41) is 6.24. The van der Waals surface area contributed by atoms with E-state index >= 15 is 0 Å². The Kier molecular flexibility index (Phi) is 6.13. The molecule has 2 aromatic heterocycles. The number of hydrogen-bond donors (Lipinski definition) is 1. The molecular formula is C26H24N4O3. The lowest BCUT2D eigenvalue weighted by Gasteiger charge is -2.15. The van der Waals surface area contributed by atoms with Crippen LogP contribution in [0.5, 0.6) is 0 Å². The summed E-state index contributed by atoms with van der Waals surface area (Å²) in [5.74, 6) is -0.417. The number of fused-ring (bicyclic) bond motifs is 1. The molecule has 7 nitrogen and oxygen atoms in total. The lowest BCUT2D eigenvalue weighted by molar-refractivity contribution is 0.0941. The number of aromatic nitrogens is 2. The monoisotopic (exact) mass is 440 g/mol. The number of amides is 1. The summed E-state index contributed by atoms with van der Waals surface area (Å²) in [6.45, 7) is 5.45. The van der Waals surface area contributed by atoms with Gasteiger partial charge in [0.2, 0.25) is 5.43 Å². The first-order chi connectivity index (χ1) is 15.9. The molecule has 4 rings (SSSR count). The standard InChI is InChI=1S/C26H24N4O3/c1-16(2)28-26(32)23-15-30(25-22(24(23)31)8-5-13-27-25)21-7-4-6-20(14-21)19-11-9-18(10-12-19)17(3)29-33/h4-17H,1-3H3,(H,28,32). The first kappa shape index (κ1) is 22.1. The smallest absolute Gasteiger partial charge is 0.256 e. The van der Waals surface area contributed by atoms with Crippen LogP contribution in [0.3, 0.4) is 0 Å². The highest BCUT2D eigenvalue weighted by atomic mass is 16.3. The maximum absolute atomic E-state index is 13.0. The van der Waals surface area contributed by atoms with E-state index in [4.69, 9.17) is 0 Å². The molecule has 0 spiro atoms. The number of carbonyl (C=O) groups excluding carboxylic acids is 1. The van der Waals surface area contributed by atoms with Crippen LogP contribution in [0, 0.1) is 4.91 Å². The maximum atomic E-state index is 13.0. The van der Waals surface area contributed by atoms with Crippen molar-refractivity contribution >= 4 is 16.9 Å². The molecule has 2 aromatic carbocycles. The molecule has 0 aliphatic rings. The minimum Gasteiger partial charge on any atom is -0.350 e. The van der Waals surface area contributed by atoms with Crippen molar-refractivity contribution in [1.29, 1.82) is 0 Å². The molecule has 0 fully saturated rings. The average molecular weight is 441 g/mol. The summed E-state index contributed by atoms with van der Waals surface area (Å²) in [4.78, 5) is 41.0. The van der Waals surface area contributed by atoms with Gasteiger partial charge in [0.05, 0.1) is 5.39 Å². The summed E-state index contributed by atoms with van der Waals surface area (Å²) in [6, 6.07) is 18.3. The molecule has 1 atom stereocenters. The van der Waals surface area contributed by atoms with Gasteiger partial charge in [-0.15, -0.1) is 0 Å². The van der Waals surface area contributed by atoms with Crippen LogP contribution in [0.15, 0.2) is 83.0 Å². The Morgan fingerprint density at radius 3 is 2.45 bits per heavy atom. The molecule has 0 saturated carbocycles. The Labute approximate surface area is 191 Å². The van der Waals surface area contributed by atoms with Gasteiger partial charge in [-0.2, -0.15) is 4.91 Å². The molecule has 7 heteroatoms. The van der Waals surface area contributed by atoms with Crippen LogP contribution in [0.25, 0.3) is 27.8 Å². The summed E-state index contributed by atoms with van der Waals surface area (Å²) in [7, 11) is 0. The van der Waals surface area contributed by atoms with Gasteiger partial charge in [-0.3, -0.25) is 9.59 Å². The predicted octanol–water partition coefficient (Wildman–Crippen LogP) is 5.02. The van der Waals surface area contributed by atoms with E-state index in [9.17, 15) is 14.5 Å². The first-order valence-electron chi connectivity index (χ1n) is 10.7. The van der Waals surface area contributed by atoms with Crippen LogP contribution in [0.1, 0.15) is 42.7 Å². The Hall–Kier alpha value is -4.13. The zero-order valence-corrected chi connectivity index (χ0v) is 18.6. The Bertz CT molecular complexity index is 1390. The van der Waals surface area contributed by atoms with Gasteiger partial charge in [0.1, 0.15) is 17.3 Å². The zero-order valence-electron chi connectivity index (χ0n) is 18.6. The average Bonchev–Trinajstić information content (AvgIpc) is 2.83. The number of pyridine rings is 2. The predicted molar refractivity (Wildman–Crippen MR) is 130 cm³/mol. The van der Waals surface area contributed by atoms with E-state index in [-0.39, 0.29) is 17.0 Å². The number of carbonyl (C=O) groups is 1. The molecule has 1 amide bonds. The lowest BCUT2D eigenvalue weighted by Crippen LogP contribution is -2.34. The number of nitrogens with zero attached hydrogens (tertiary/aromatic N) is 3.